The Morgan fingerprint density at radius 3 is 3.27 bits per heavy atom. The highest BCUT2D eigenvalue weighted by Crippen LogP contribution is 2.24. The third-order valence-corrected chi connectivity index (χ3v) is 2.91. The monoisotopic (exact) mass is 202 g/mol. The highest BCUT2D eigenvalue weighted by atomic mass is 15.1. The number of aryl methyl sites for hydroxylation is 1. The van der Waals surface area contributed by atoms with Crippen LogP contribution in [0.15, 0.2) is 18.6 Å². The van der Waals surface area contributed by atoms with Crippen LogP contribution in [0.3, 0.4) is 0 Å². The Morgan fingerprint density at radius 2 is 2.47 bits per heavy atom. The molecule has 0 spiro atoms. The second-order valence-corrected chi connectivity index (χ2v) is 4.07. The molecule has 1 N–H and O–H groups in total. The molecule has 1 aliphatic rings. The summed E-state index contributed by atoms with van der Waals surface area (Å²) in [5.74, 6) is 0. The highest BCUT2D eigenvalue weighted by Gasteiger charge is 2.20. The van der Waals surface area contributed by atoms with Crippen LogP contribution in [0.4, 0.5) is 0 Å². The van der Waals surface area contributed by atoms with Crippen LogP contribution < -0.4 is 5.32 Å². The SMILES string of the molecule is Cc1cn2ccnc(C3CCCN3)c2n1. The summed E-state index contributed by atoms with van der Waals surface area (Å²) >= 11 is 0. The average molecular weight is 202 g/mol. The van der Waals surface area contributed by atoms with Gasteiger partial charge in [0.05, 0.1) is 11.7 Å². The van der Waals surface area contributed by atoms with E-state index >= 15 is 0 Å². The van der Waals surface area contributed by atoms with Gasteiger partial charge < -0.3 is 9.72 Å². The van der Waals surface area contributed by atoms with Gasteiger partial charge in [-0.3, -0.25) is 4.98 Å². The van der Waals surface area contributed by atoms with Crippen molar-refractivity contribution in [3.8, 4) is 0 Å². The molecule has 0 aliphatic carbocycles. The third-order valence-electron chi connectivity index (χ3n) is 2.91. The zero-order valence-corrected chi connectivity index (χ0v) is 8.77. The van der Waals surface area contributed by atoms with Crippen LogP contribution in [0.2, 0.25) is 0 Å². The quantitative estimate of drug-likeness (QED) is 0.761. The maximum Gasteiger partial charge on any atom is 0.160 e. The lowest BCUT2D eigenvalue weighted by Gasteiger charge is -2.09. The lowest BCUT2D eigenvalue weighted by atomic mass is 10.1. The summed E-state index contributed by atoms with van der Waals surface area (Å²) in [6.45, 7) is 3.10. The number of aromatic nitrogens is 3. The highest BCUT2D eigenvalue weighted by molar-refractivity contribution is 5.46. The summed E-state index contributed by atoms with van der Waals surface area (Å²) in [4.78, 5) is 8.97. The van der Waals surface area contributed by atoms with E-state index in [0.717, 1.165) is 23.6 Å². The van der Waals surface area contributed by atoms with Gasteiger partial charge in [-0.2, -0.15) is 0 Å². The van der Waals surface area contributed by atoms with Gasteiger partial charge in [-0.15, -0.1) is 0 Å². The molecule has 1 fully saturated rings. The van der Waals surface area contributed by atoms with Gasteiger partial charge in [-0.25, -0.2) is 4.98 Å². The first-order valence-electron chi connectivity index (χ1n) is 5.38. The van der Waals surface area contributed by atoms with Crippen molar-refractivity contribution in [1.82, 2.24) is 19.7 Å². The first-order valence-corrected chi connectivity index (χ1v) is 5.38. The fourth-order valence-corrected chi connectivity index (χ4v) is 2.23. The summed E-state index contributed by atoms with van der Waals surface area (Å²) < 4.78 is 2.05. The van der Waals surface area contributed by atoms with Crippen molar-refractivity contribution in [3.05, 3.63) is 30.0 Å². The van der Waals surface area contributed by atoms with Gasteiger partial charge in [0.25, 0.3) is 0 Å². The standard InChI is InChI=1S/C11H14N4/c1-8-7-15-6-5-13-10(11(15)14-8)9-3-2-4-12-9/h5-7,9,12H,2-4H2,1H3. The molecule has 1 aliphatic heterocycles. The molecule has 0 amide bonds. The van der Waals surface area contributed by atoms with Crippen LogP contribution in [0, 0.1) is 6.92 Å². The average Bonchev–Trinajstić information content (AvgIpc) is 2.82. The lowest BCUT2D eigenvalue weighted by Crippen LogP contribution is -2.15. The number of rotatable bonds is 1. The van der Waals surface area contributed by atoms with Gasteiger partial charge in [0.1, 0.15) is 5.69 Å². The van der Waals surface area contributed by atoms with Crippen molar-refractivity contribution < 1.29 is 0 Å². The van der Waals surface area contributed by atoms with Crippen molar-refractivity contribution in [3.63, 3.8) is 0 Å². The van der Waals surface area contributed by atoms with Gasteiger partial charge in [0.15, 0.2) is 5.65 Å². The van der Waals surface area contributed by atoms with E-state index in [0.29, 0.717) is 6.04 Å². The van der Waals surface area contributed by atoms with E-state index < -0.39 is 0 Å². The van der Waals surface area contributed by atoms with Crippen LogP contribution >= 0.6 is 0 Å². The number of hydrogen-bond donors (Lipinski definition) is 1. The Morgan fingerprint density at radius 1 is 1.53 bits per heavy atom. The van der Waals surface area contributed by atoms with E-state index in [4.69, 9.17) is 0 Å². The minimum absolute atomic E-state index is 0.385. The molecule has 0 radical (unpaired) electrons. The van der Waals surface area contributed by atoms with Crippen LogP contribution in [-0.2, 0) is 0 Å². The van der Waals surface area contributed by atoms with Crippen molar-refractivity contribution in [2.24, 2.45) is 0 Å². The largest absolute Gasteiger partial charge is 0.309 e. The molecule has 2 aromatic rings. The zero-order chi connectivity index (χ0) is 10.3. The van der Waals surface area contributed by atoms with Crippen LogP contribution in [0.1, 0.15) is 30.3 Å². The van der Waals surface area contributed by atoms with E-state index in [9.17, 15) is 0 Å². The van der Waals surface area contributed by atoms with Crippen molar-refractivity contribution in [2.45, 2.75) is 25.8 Å². The topological polar surface area (TPSA) is 42.2 Å². The summed E-state index contributed by atoms with van der Waals surface area (Å²) in [5.41, 5.74) is 3.12. The van der Waals surface area contributed by atoms with Gasteiger partial charge >= 0.3 is 0 Å². The molecule has 15 heavy (non-hydrogen) atoms. The Kier molecular flexibility index (Phi) is 1.95. The second kappa shape index (κ2) is 3.31. The molecule has 1 atom stereocenters. The van der Waals surface area contributed by atoms with Crippen LogP contribution in [-0.4, -0.2) is 20.9 Å². The Balaban J connectivity index is 2.16. The molecule has 4 heteroatoms. The first kappa shape index (κ1) is 8.85. The Hall–Kier alpha value is -1.42. The van der Waals surface area contributed by atoms with E-state index in [1.165, 1.54) is 12.8 Å². The van der Waals surface area contributed by atoms with E-state index in [1.807, 2.05) is 25.5 Å². The summed E-state index contributed by atoms with van der Waals surface area (Å²) in [5, 5.41) is 3.46. The van der Waals surface area contributed by atoms with E-state index in [1.54, 1.807) is 0 Å². The maximum atomic E-state index is 4.52. The number of nitrogens with one attached hydrogen (secondary N) is 1. The molecule has 0 bridgehead atoms. The maximum absolute atomic E-state index is 4.52. The predicted molar refractivity (Wildman–Crippen MR) is 57.7 cm³/mol. The molecule has 0 saturated carbocycles. The second-order valence-electron chi connectivity index (χ2n) is 4.07. The Labute approximate surface area is 88.4 Å². The van der Waals surface area contributed by atoms with Crippen LogP contribution in [0.25, 0.3) is 5.65 Å². The smallest absolute Gasteiger partial charge is 0.160 e. The molecule has 0 aromatic carbocycles. The molecule has 3 heterocycles. The normalized spacial score (nSPS) is 21.3. The van der Waals surface area contributed by atoms with Crippen molar-refractivity contribution in [2.75, 3.05) is 6.54 Å². The van der Waals surface area contributed by atoms with Gasteiger partial charge in [-0.05, 0) is 26.3 Å². The molecule has 78 valence electrons. The molecule has 1 saturated heterocycles. The summed E-state index contributed by atoms with van der Waals surface area (Å²) in [6.07, 6.45) is 8.23. The van der Waals surface area contributed by atoms with Crippen molar-refractivity contribution >= 4 is 5.65 Å². The minimum Gasteiger partial charge on any atom is -0.309 e. The number of hydrogen-bond acceptors (Lipinski definition) is 3. The summed E-state index contributed by atoms with van der Waals surface area (Å²) in [6, 6.07) is 0.385. The third kappa shape index (κ3) is 1.41. The fraction of sp³-hybridized carbons (Fsp3) is 0.455. The van der Waals surface area contributed by atoms with Crippen LogP contribution in [0.5, 0.6) is 0 Å². The summed E-state index contributed by atoms with van der Waals surface area (Å²) in [7, 11) is 0. The molecule has 2 aromatic heterocycles. The number of imidazole rings is 1. The zero-order valence-electron chi connectivity index (χ0n) is 8.77. The Bertz CT molecular complexity index is 482. The molecule has 3 rings (SSSR count). The first-order chi connectivity index (χ1) is 7.34. The van der Waals surface area contributed by atoms with Crippen molar-refractivity contribution in [1.29, 1.82) is 0 Å². The predicted octanol–water partition coefficient (Wildman–Crippen LogP) is 1.46. The van der Waals surface area contributed by atoms with E-state index in [-0.39, 0.29) is 0 Å². The fourth-order valence-electron chi connectivity index (χ4n) is 2.23. The molecular formula is C11H14N4. The number of fused-ring (bicyclic) bond motifs is 1. The molecular weight excluding hydrogens is 188 g/mol. The van der Waals surface area contributed by atoms with E-state index in [2.05, 4.69) is 19.7 Å². The minimum atomic E-state index is 0.385. The number of nitrogens with zero attached hydrogens (tertiary/aromatic N) is 3. The van der Waals surface area contributed by atoms with Gasteiger partial charge in [0, 0.05) is 18.6 Å². The van der Waals surface area contributed by atoms with Gasteiger partial charge in [0.2, 0.25) is 0 Å². The molecule has 1 unspecified atom stereocenters. The molecule has 4 nitrogen and oxygen atoms in total. The lowest BCUT2D eigenvalue weighted by molar-refractivity contribution is 0.628. The van der Waals surface area contributed by atoms with Gasteiger partial charge in [-0.1, -0.05) is 0 Å².